The predicted octanol–water partition coefficient (Wildman–Crippen LogP) is 2.22. The standard InChI is InChI=1S/C19H17FN4O3S/c20-14-8-3-4-9-15(14)21-19(28)23-22-16(25)10-5-11-24-17(26)12-6-1-2-7-13(12)18(24)27/h1-4,6-9H,5,10-11H2,(H,22,25)(H2,21,23,28). The van der Waals surface area contributed by atoms with E-state index in [-0.39, 0.29) is 41.5 Å². The first-order chi connectivity index (χ1) is 13.5. The number of hydrazine groups is 1. The highest BCUT2D eigenvalue weighted by molar-refractivity contribution is 7.80. The Labute approximate surface area is 165 Å². The lowest BCUT2D eigenvalue weighted by Gasteiger charge is -2.14. The second kappa shape index (κ2) is 8.57. The summed E-state index contributed by atoms with van der Waals surface area (Å²) < 4.78 is 13.5. The van der Waals surface area contributed by atoms with Gasteiger partial charge < -0.3 is 5.32 Å². The first kappa shape index (κ1) is 19.4. The molecule has 1 aliphatic rings. The minimum Gasteiger partial charge on any atom is -0.329 e. The highest BCUT2D eigenvalue weighted by atomic mass is 32.1. The van der Waals surface area contributed by atoms with Gasteiger partial charge in [0.15, 0.2) is 5.11 Å². The van der Waals surface area contributed by atoms with Crippen molar-refractivity contribution in [3.8, 4) is 0 Å². The number of imide groups is 1. The number of rotatable bonds is 5. The summed E-state index contributed by atoms with van der Waals surface area (Å²) in [6.07, 6.45) is 0.370. The number of hydrogen-bond donors (Lipinski definition) is 3. The van der Waals surface area contributed by atoms with E-state index < -0.39 is 5.82 Å². The monoisotopic (exact) mass is 400 g/mol. The first-order valence-corrected chi connectivity index (χ1v) is 8.94. The van der Waals surface area contributed by atoms with Gasteiger partial charge in [0.05, 0.1) is 16.8 Å². The van der Waals surface area contributed by atoms with Crippen LogP contribution in [0, 0.1) is 5.82 Å². The van der Waals surface area contributed by atoms with Crippen LogP contribution in [0.1, 0.15) is 33.6 Å². The van der Waals surface area contributed by atoms with E-state index in [1.807, 2.05) is 0 Å². The number of benzene rings is 2. The van der Waals surface area contributed by atoms with Crippen LogP contribution >= 0.6 is 12.2 Å². The number of halogens is 1. The fourth-order valence-corrected chi connectivity index (χ4v) is 2.91. The number of anilines is 1. The SMILES string of the molecule is O=C(CCCN1C(=O)c2ccccc2C1=O)NNC(=S)Nc1ccccc1F. The number of carbonyl (C=O) groups is 3. The van der Waals surface area contributed by atoms with E-state index in [4.69, 9.17) is 12.2 Å². The molecule has 0 saturated carbocycles. The number of thiocarbonyl (C=S) groups is 1. The van der Waals surface area contributed by atoms with Crippen molar-refractivity contribution in [1.29, 1.82) is 0 Å². The summed E-state index contributed by atoms with van der Waals surface area (Å²) in [7, 11) is 0. The lowest BCUT2D eigenvalue weighted by atomic mass is 10.1. The van der Waals surface area contributed by atoms with E-state index in [2.05, 4.69) is 16.2 Å². The highest BCUT2D eigenvalue weighted by Gasteiger charge is 2.34. The largest absolute Gasteiger partial charge is 0.329 e. The molecule has 0 fully saturated rings. The van der Waals surface area contributed by atoms with Gasteiger partial charge in [0.2, 0.25) is 5.91 Å². The molecule has 0 spiro atoms. The van der Waals surface area contributed by atoms with E-state index in [0.717, 1.165) is 4.90 Å². The van der Waals surface area contributed by atoms with Gasteiger partial charge in [-0.2, -0.15) is 0 Å². The van der Waals surface area contributed by atoms with Gasteiger partial charge in [-0.25, -0.2) is 4.39 Å². The van der Waals surface area contributed by atoms with Gasteiger partial charge in [-0.3, -0.25) is 30.1 Å². The van der Waals surface area contributed by atoms with E-state index >= 15 is 0 Å². The van der Waals surface area contributed by atoms with Gasteiger partial charge in [0.1, 0.15) is 5.82 Å². The average Bonchev–Trinajstić information content (AvgIpc) is 2.93. The maximum Gasteiger partial charge on any atom is 0.261 e. The quantitative estimate of drug-likeness (QED) is 0.405. The number of nitrogens with one attached hydrogen (secondary N) is 3. The molecule has 3 amide bonds. The molecule has 2 aromatic carbocycles. The van der Waals surface area contributed by atoms with Gasteiger partial charge in [-0.05, 0) is 42.9 Å². The van der Waals surface area contributed by atoms with Gasteiger partial charge in [-0.15, -0.1) is 0 Å². The van der Waals surface area contributed by atoms with Crippen LogP contribution in [0.15, 0.2) is 48.5 Å². The van der Waals surface area contributed by atoms with Crippen LogP contribution in [0.5, 0.6) is 0 Å². The second-order valence-electron chi connectivity index (χ2n) is 6.02. The maximum absolute atomic E-state index is 13.5. The minimum atomic E-state index is -0.473. The Kier molecular flexibility index (Phi) is 5.95. The zero-order chi connectivity index (χ0) is 20.1. The number of amides is 3. The molecular weight excluding hydrogens is 383 g/mol. The van der Waals surface area contributed by atoms with E-state index in [1.165, 1.54) is 12.1 Å². The number of para-hydroxylation sites is 1. The van der Waals surface area contributed by atoms with Crippen molar-refractivity contribution in [2.24, 2.45) is 0 Å². The van der Waals surface area contributed by atoms with Gasteiger partial charge in [0, 0.05) is 13.0 Å². The molecule has 7 nitrogen and oxygen atoms in total. The lowest BCUT2D eigenvalue weighted by Crippen LogP contribution is -2.44. The summed E-state index contributed by atoms with van der Waals surface area (Å²) in [5.74, 6) is -1.56. The number of nitrogens with zero attached hydrogens (tertiary/aromatic N) is 1. The van der Waals surface area contributed by atoms with Crippen molar-refractivity contribution < 1.29 is 18.8 Å². The summed E-state index contributed by atoms with van der Waals surface area (Å²) in [5.41, 5.74) is 5.79. The van der Waals surface area contributed by atoms with Crippen LogP contribution in [-0.2, 0) is 4.79 Å². The van der Waals surface area contributed by atoms with Crippen molar-refractivity contribution in [3.05, 3.63) is 65.5 Å². The third-order valence-corrected chi connectivity index (χ3v) is 4.31. The zero-order valence-corrected chi connectivity index (χ0v) is 15.5. The van der Waals surface area contributed by atoms with Crippen molar-refractivity contribution in [2.75, 3.05) is 11.9 Å². The maximum atomic E-state index is 13.5. The Bertz CT molecular complexity index is 915. The first-order valence-electron chi connectivity index (χ1n) is 8.53. The summed E-state index contributed by atoms with van der Waals surface area (Å²) in [6, 6.07) is 12.6. The molecule has 9 heteroatoms. The smallest absolute Gasteiger partial charge is 0.261 e. The van der Waals surface area contributed by atoms with E-state index in [0.29, 0.717) is 17.5 Å². The van der Waals surface area contributed by atoms with Crippen LogP contribution in [0.3, 0.4) is 0 Å². The lowest BCUT2D eigenvalue weighted by molar-refractivity contribution is -0.121. The average molecular weight is 400 g/mol. The fraction of sp³-hybridized carbons (Fsp3) is 0.158. The van der Waals surface area contributed by atoms with Crippen LogP contribution < -0.4 is 16.2 Å². The zero-order valence-electron chi connectivity index (χ0n) is 14.7. The van der Waals surface area contributed by atoms with Crippen molar-refractivity contribution >= 4 is 40.7 Å². The molecule has 28 heavy (non-hydrogen) atoms. The van der Waals surface area contributed by atoms with Crippen LogP contribution in [0.2, 0.25) is 0 Å². The van der Waals surface area contributed by atoms with Crippen molar-refractivity contribution in [1.82, 2.24) is 15.8 Å². The third-order valence-electron chi connectivity index (χ3n) is 4.10. The number of carbonyl (C=O) groups excluding carboxylic acids is 3. The molecule has 0 aliphatic carbocycles. The molecule has 0 unspecified atom stereocenters. The fourth-order valence-electron chi connectivity index (χ4n) is 2.75. The number of hydrogen-bond acceptors (Lipinski definition) is 4. The Hall–Kier alpha value is -3.33. The molecule has 1 heterocycles. The van der Waals surface area contributed by atoms with E-state index in [1.54, 1.807) is 36.4 Å². The molecule has 0 saturated heterocycles. The van der Waals surface area contributed by atoms with Crippen molar-refractivity contribution in [3.63, 3.8) is 0 Å². The molecule has 3 N–H and O–H groups in total. The Balaban J connectivity index is 1.41. The van der Waals surface area contributed by atoms with Gasteiger partial charge in [-0.1, -0.05) is 24.3 Å². The Morgan fingerprint density at radius 2 is 1.57 bits per heavy atom. The van der Waals surface area contributed by atoms with Crippen LogP contribution in [0.4, 0.5) is 10.1 Å². The molecule has 0 atom stereocenters. The second-order valence-corrected chi connectivity index (χ2v) is 6.43. The van der Waals surface area contributed by atoms with Crippen molar-refractivity contribution in [2.45, 2.75) is 12.8 Å². The third kappa shape index (κ3) is 4.32. The molecule has 144 valence electrons. The highest BCUT2D eigenvalue weighted by Crippen LogP contribution is 2.22. The molecule has 1 aliphatic heterocycles. The molecule has 0 bridgehead atoms. The molecule has 0 radical (unpaired) electrons. The molecule has 2 aromatic rings. The summed E-state index contributed by atoms with van der Waals surface area (Å²) in [5, 5.41) is 2.65. The summed E-state index contributed by atoms with van der Waals surface area (Å²) in [6.45, 7) is 0.137. The topological polar surface area (TPSA) is 90.5 Å². The van der Waals surface area contributed by atoms with Gasteiger partial charge in [0.25, 0.3) is 11.8 Å². The Morgan fingerprint density at radius 3 is 2.21 bits per heavy atom. The van der Waals surface area contributed by atoms with Gasteiger partial charge >= 0.3 is 0 Å². The molecule has 3 rings (SSSR count). The van der Waals surface area contributed by atoms with Crippen LogP contribution in [0.25, 0.3) is 0 Å². The normalized spacial score (nSPS) is 12.5. The summed E-state index contributed by atoms with van der Waals surface area (Å²) in [4.78, 5) is 37.5. The molecular formula is C19H17FN4O3S. The number of fused-ring (bicyclic) bond motifs is 1. The Morgan fingerprint density at radius 1 is 0.964 bits per heavy atom. The van der Waals surface area contributed by atoms with E-state index in [9.17, 15) is 18.8 Å². The minimum absolute atomic E-state index is 0.0267. The summed E-state index contributed by atoms with van der Waals surface area (Å²) >= 11 is 4.98. The molecule has 0 aromatic heterocycles. The predicted molar refractivity (Wildman–Crippen MR) is 105 cm³/mol. The van der Waals surface area contributed by atoms with Crippen LogP contribution in [-0.4, -0.2) is 34.3 Å².